The molecule has 2 heterocycles. The Hall–Kier alpha value is -1.98. The van der Waals surface area contributed by atoms with Gasteiger partial charge in [0, 0.05) is 21.5 Å². The van der Waals surface area contributed by atoms with Crippen molar-refractivity contribution >= 4 is 28.7 Å². The molecule has 0 aliphatic rings. The topological polar surface area (TPSA) is 58.6 Å². The second kappa shape index (κ2) is 4.95. The minimum absolute atomic E-state index is 0.197. The van der Waals surface area contributed by atoms with Gasteiger partial charge in [-0.05, 0) is 23.6 Å². The Balaban J connectivity index is 2.04. The molecule has 0 aliphatic heterocycles. The summed E-state index contributed by atoms with van der Waals surface area (Å²) in [5.41, 5.74) is 2.24. The molecule has 0 saturated carbocycles. The summed E-state index contributed by atoms with van der Waals surface area (Å²) in [5, 5.41) is 14.9. The Bertz CT molecular complexity index is 721. The molecule has 3 rings (SSSR count). The van der Waals surface area contributed by atoms with Crippen molar-refractivity contribution in [2.24, 2.45) is 0 Å². The molecule has 1 N–H and O–H groups in total. The smallest absolute Gasteiger partial charge is 0.215 e. The van der Waals surface area contributed by atoms with E-state index in [0.717, 1.165) is 5.56 Å². The van der Waals surface area contributed by atoms with E-state index in [2.05, 4.69) is 15.4 Å². The standard InChI is InChI=1S/C13H8ClN3OS/c14-10-3-1-2-8(6-10)13(18)12-11(15-17-16-12)9-4-5-19-7-9/h1-7H,(H,15,16,17). The van der Waals surface area contributed by atoms with E-state index in [1.807, 2.05) is 16.8 Å². The number of aromatic nitrogens is 3. The molecule has 0 saturated heterocycles. The summed E-state index contributed by atoms with van der Waals surface area (Å²) in [6, 6.07) is 8.69. The number of ketones is 1. The lowest BCUT2D eigenvalue weighted by atomic mass is 10.1. The maximum atomic E-state index is 12.4. The van der Waals surface area contributed by atoms with E-state index < -0.39 is 0 Å². The third-order valence-electron chi connectivity index (χ3n) is 2.64. The van der Waals surface area contributed by atoms with Gasteiger partial charge >= 0.3 is 0 Å². The second-order valence-electron chi connectivity index (χ2n) is 3.87. The maximum Gasteiger partial charge on any atom is 0.215 e. The number of rotatable bonds is 3. The number of nitrogens with one attached hydrogen (secondary N) is 1. The highest BCUT2D eigenvalue weighted by molar-refractivity contribution is 7.08. The summed E-state index contributed by atoms with van der Waals surface area (Å²) in [5.74, 6) is -0.197. The van der Waals surface area contributed by atoms with Gasteiger partial charge in [0.25, 0.3) is 0 Å². The monoisotopic (exact) mass is 289 g/mol. The molecule has 2 aromatic heterocycles. The third-order valence-corrected chi connectivity index (χ3v) is 3.56. The van der Waals surface area contributed by atoms with Crippen LogP contribution in [0.2, 0.25) is 5.02 Å². The highest BCUT2D eigenvalue weighted by Gasteiger charge is 2.19. The fraction of sp³-hybridized carbons (Fsp3) is 0. The minimum Gasteiger partial charge on any atom is -0.287 e. The Kier molecular flexibility index (Phi) is 3.15. The van der Waals surface area contributed by atoms with E-state index in [4.69, 9.17) is 11.6 Å². The van der Waals surface area contributed by atoms with E-state index in [1.165, 1.54) is 0 Å². The van der Waals surface area contributed by atoms with Crippen LogP contribution >= 0.6 is 22.9 Å². The Morgan fingerprint density at radius 3 is 2.89 bits per heavy atom. The number of halogens is 1. The molecular weight excluding hydrogens is 282 g/mol. The fourth-order valence-electron chi connectivity index (χ4n) is 1.76. The number of carbonyl (C=O) groups is 1. The maximum absolute atomic E-state index is 12.4. The summed E-state index contributed by atoms with van der Waals surface area (Å²) < 4.78 is 0. The van der Waals surface area contributed by atoms with E-state index in [1.54, 1.807) is 35.6 Å². The van der Waals surface area contributed by atoms with Crippen LogP contribution in [0.3, 0.4) is 0 Å². The number of hydrogen-bond donors (Lipinski definition) is 1. The molecule has 0 bridgehead atoms. The van der Waals surface area contributed by atoms with Crippen LogP contribution in [-0.4, -0.2) is 21.2 Å². The van der Waals surface area contributed by atoms with Gasteiger partial charge in [0.2, 0.25) is 5.78 Å². The molecule has 3 aromatic rings. The molecular formula is C13H8ClN3OS. The molecule has 94 valence electrons. The molecule has 4 nitrogen and oxygen atoms in total. The van der Waals surface area contributed by atoms with Gasteiger partial charge < -0.3 is 0 Å². The number of carbonyl (C=O) groups excluding carboxylic acids is 1. The van der Waals surface area contributed by atoms with Gasteiger partial charge in [-0.2, -0.15) is 26.7 Å². The van der Waals surface area contributed by atoms with Crippen LogP contribution in [0.25, 0.3) is 11.3 Å². The lowest BCUT2D eigenvalue weighted by molar-refractivity contribution is 0.103. The summed E-state index contributed by atoms with van der Waals surface area (Å²) in [6.45, 7) is 0. The van der Waals surface area contributed by atoms with E-state index in [0.29, 0.717) is 22.0 Å². The van der Waals surface area contributed by atoms with Crippen LogP contribution in [0.5, 0.6) is 0 Å². The first-order valence-electron chi connectivity index (χ1n) is 5.49. The Morgan fingerprint density at radius 2 is 2.16 bits per heavy atom. The first kappa shape index (κ1) is 12.1. The van der Waals surface area contributed by atoms with Gasteiger partial charge in [0.1, 0.15) is 5.69 Å². The van der Waals surface area contributed by atoms with Crippen LogP contribution in [0, 0.1) is 0 Å². The fourth-order valence-corrected chi connectivity index (χ4v) is 2.59. The van der Waals surface area contributed by atoms with Crippen molar-refractivity contribution in [2.45, 2.75) is 0 Å². The van der Waals surface area contributed by atoms with E-state index in [9.17, 15) is 4.79 Å². The van der Waals surface area contributed by atoms with Crippen LogP contribution in [0.1, 0.15) is 16.1 Å². The van der Waals surface area contributed by atoms with Gasteiger partial charge in [-0.3, -0.25) is 4.79 Å². The van der Waals surface area contributed by atoms with Crippen molar-refractivity contribution < 1.29 is 4.79 Å². The predicted octanol–water partition coefficient (Wildman–Crippen LogP) is 3.42. The number of aromatic amines is 1. The third kappa shape index (κ3) is 2.30. The highest BCUT2D eigenvalue weighted by Crippen LogP contribution is 2.24. The summed E-state index contributed by atoms with van der Waals surface area (Å²) in [6.07, 6.45) is 0. The average Bonchev–Trinajstić information content (AvgIpc) is 3.08. The molecule has 0 unspecified atom stereocenters. The molecule has 0 radical (unpaired) electrons. The first-order chi connectivity index (χ1) is 9.25. The first-order valence-corrected chi connectivity index (χ1v) is 6.81. The van der Waals surface area contributed by atoms with E-state index in [-0.39, 0.29) is 5.78 Å². The van der Waals surface area contributed by atoms with Crippen LogP contribution < -0.4 is 0 Å². The minimum atomic E-state index is -0.197. The largest absolute Gasteiger partial charge is 0.287 e. The lowest BCUT2D eigenvalue weighted by Gasteiger charge is -2.00. The molecule has 0 aliphatic carbocycles. The number of nitrogens with zero attached hydrogens (tertiary/aromatic N) is 2. The number of hydrogen-bond acceptors (Lipinski definition) is 4. The van der Waals surface area contributed by atoms with Crippen molar-refractivity contribution in [1.29, 1.82) is 0 Å². The van der Waals surface area contributed by atoms with Gasteiger partial charge in [-0.25, -0.2) is 0 Å². The molecule has 0 atom stereocenters. The molecule has 0 spiro atoms. The number of H-pyrrole nitrogens is 1. The average molecular weight is 290 g/mol. The van der Waals surface area contributed by atoms with Crippen molar-refractivity contribution in [3.63, 3.8) is 0 Å². The Labute approximate surface area is 118 Å². The predicted molar refractivity (Wildman–Crippen MR) is 74.6 cm³/mol. The van der Waals surface area contributed by atoms with Crippen molar-refractivity contribution in [1.82, 2.24) is 15.4 Å². The molecule has 19 heavy (non-hydrogen) atoms. The van der Waals surface area contributed by atoms with Gasteiger partial charge in [-0.15, -0.1) is 0 Å². The van der Waals surface area contributed by atoms with Crippen LogP contribution in [0.15, 0.2) is 41.1 Å². The number of thiophene rings is 1. The van der Waals surface area contributed by atoms with Gasteiger partial charge in [0.05, 0.1) is 0 Å². The van der Waals surface area contributed by atoms with Gasteiger partial charge in [0.15, 0.2) is 5.69 Å². The normalized spacial score (nSPS) is 10.6. The Morgan fingerprint density at radius 1 is 1.26 bits per heavy atom. The van der Waals surface area contributed by atoms with Crippen molar-refractivity contribution in [3.05, 3.63) is 57.4 Å². The van der Waals surface area contributed by atoms with Gasteiger partial charge in [-0.1, -0.05) is 23.7 Å². The molecule has 0 amide bonds. The lowest BCUT2D eigenvalue weighted by Crippen LogP contribution is -2.03. The van der Waals surface area contributed by atoms with Crippen LogP contribution in [-0.2, 0) is 0 Å². The van der Waals surface area contributed by atoms with E-state index >= 15 is 0 Å². The zero-order valence-corrected chi connectivity index (χ0v) is 11.2. The van der Waals surface area contributed by atoms with Crippen LogP contribution in [0.4, 0.5) is 0 Å². The second-order valence-corrected chi connectivity index (χ2v) is 5.09. The molecule has 6 heteroatoms. The summed E-state index contributed by atoms with van der Waals surface area (Å²) >= 11 is 7.44. The quantitative estimate of drug-likeness (QED) is 0.752. The zero-order chi connectivity index (χ0) is 13.2. The number of benzene rings is 1. The zero-order valence-electron chi connectivity index (χ0n) is 9.63. The highest BCUT2D eigenvalue weighted by atomic mass is 35.5. The summed E-state index contributed by atoms with van der Waals surface area (Å²) in [4.78, 5) is 12.4. The molecule has 1 aromatic carbocycles. The SMILES string of the molecule is O=C(c1cccc(Cl)c1)c1n[nH]nc1-c1ccsc1. The molecule has 0 fully saturated rings. The summed E-state index contributed by atoms with van der Waals surface area (Å²) in [7, 11) is 0. The van der Waals surface area contributed by atoms with Crippen molar-refractivity contribution in [2.75, 3.05) is 0 Å². The van der Waals surface area contributed by atoms with Crippen molar-refractivity contribution in [3.8, 4) is 11.3 Å².